The van der Waals surface area contributed by atoms with Gasteiger partial charge in [-0.15, -0.1) is 0 Å². The molecule has 1 saturated heterocycles. The molecule has 2 aliphatic rings. The fourth-order valence-electron chi connectivity index (χ4n) is 3.42. The van der Waals surface area contributed by atoms with Crippen LogP contribution in [0.4, 0.5) is 24.5 Å². The van der Waals surface area contributed by atoms with Crippen molar-refractivity contribution in [3.05, 3.63) is 23.8 Å². The Morgan fingerprint density at radius 2 is 1.89 bits per heavy atom. The first kappa shape index (κ1) is 22.3. The monoisotopic (exact) mass is 424 g/mol. The molecule has 0 amide bonds. The van der Waals surface area contributed by atoms with Crippen LogP contribution in [0.25, 0.3) is 0 Å². The molecule has 2 heterocycles. The van der Waals surface area contributed by atoms with Crippen LogP contribution in [0.3, 0.4) is 0 Å². The molecule has 0 radical (unpaired) electrons. The number of nitrogens with zero attached hydrogens (tertiary/aromatic N) is 1. The Labute approximate surface area is 161 Å². The number of rotatable bonds is 3. The van der Waals surface area contributed by atoms with E-state index in [0.29, 0.717) is 5.69 Å². The quantitative estimate of drug-likeness (QED) is 0.774. The third-order valence-electron chi connectivity index (χ3n) is 4.86. The summed E-state index contributed by atoms with van der Waals surface area (Å²) in [6, 6.07) is 5.88. The number of sulfonamides is 1. The van der Waals surface area contributed by atoms with E-state index in [1.807, 2.05) is 18.2 Å². The van der Waals surface area contributed by atoms with Gasteiger partial charge in [-0.1, -0.05) is 0 Å². The smallest absolute Gasteiger partial charge is 0.475 e. The second-order valence-electron chi connectivity index (χ2n) is 6.79. The molecule has 0 aromatic heterocycles. The molecule has 11 heteroatoms. The summed E-state index contributed by atoms with van der Waals surface area (Å²) in [7, 11) is -1.14. The van der Waals surface area contributed by atoms with Crippen LogP contribution in [0.1, 0.15) is 25.3 Å². The Morgan fingerprint density at radius 3 is 2.39 bits per heavy atom. The highest BCUT2D eigenvalue weighted by Crippen LogP contribution is 2.47. The number of alkyl halides is 3. The molecule has 3 rings (SSSR count). The second-order valence-corrected chi connectivity index (χ2v) is 8.80. The van der Waals surface area contributed by atoms with Gasteiger partial charge in [-0.05, 0) is 43.5 Å². The van der Waals surface area contributed by atoms with Crippen molar-refractivity contribution >= 4 is 27.4 Å². The molecule has 2 N–H and O–H groups in total. The first-order chi connectivity index (χ1) is 12.9. The number of ether oxygens (including phenoxy) is 1. The van der Waals surface area contributed by atoms with Gasteiger partial charge in [0.25, 0.3) is 0 Å². The van der Waals surface area contributed by atoms with Gasteiger partial charge in [-0.25, -0.2) is 13.2 Å². The summed E-state index contributed by atoms with van der Waals surface area (Å²) in [5.74, 6) is -2.67. The number of carbonyl (C=O) groups is 1. The lowest BCUT2D eigenvalue weighted by molar-refractivity contribution is -0.192. The molecule has 1 aromatic carbocycles. The van der Waals surface area contributed by atoms with Crippen molar-refractivity contribution in [2.75, 3.05) is 42.2 Å². The number of fused-ring (bicyclic) bond motifs is 2. The van der Waals surface area contributed by atoms with Gasteiger partial charge < -0.3 is 14.7 Å². The molecule has 2 aliphatic heterocycles. The van der Waals surface area contributed by atoms with E-state index in [9.17, 15) is 21.6 Å². The minimum Gasteiger partial charge on any atom is -0.475 e. The average Bonchev–Trinajstić information content (AvgIpc) is 2.86. The molecule has 1 fully saturated rings. The van der Waals surface area contributed by atoms with E-state index >= 15 is 0 Å². The molecule has 28 heavy (non-hydrogen) atoms. The predicted molar refractivity (Wildman–Crippen MR) is 98.2 cm³/mol. The highest BCUT2D eigenvalue weighted by molar-refractivity contribution is 7.92. The van der Waals surface area contributed by atoms with E-state index < -0.39 is 22.2 Å². The number of hydrogen-bond donors (Lipinski definition) is 2. The van der Waals surface area contributed by atoms with Crippen molar-refractivity contribution in [3.63, 3.8) is 0 Å². The summed E-state index contributed by atoms with van der Waals surface area (Å²) in [5, 5.41) is 7.12. The SMILES string of the molecule is CCS(=O)(=O)Nc1ccc2c(c1)C1(CCOCC1)CN2C.O=C(O)C(F)(F)F. The molecule has 0 aliphatic carbocycles. The highest BCUT2D eigenvalue weighted by Gasteiger charge is 2.42. The summed E-state index contributed by atoms with van der Waals surface area (Å²) in [5.41, 5.74) is 3.23. The maximum absolute atomic E-state index is 11.8. The van der Waals surface area contributed by atoms with Crippen LogP contribution in [0.15, 0.2) is 18.2 Å². The van der Waals surface area contributed by atoms with Gasteiger partial charge in [0.15, 0.2) is 0 Å². The zero-order valence-electron chi connectivity index (χ0n) is 15.5. The van der Waals surface area contributed by atoms with Gasteiger partial charge in [0.1, 0.15) is 0 Å². The van der Waals surface area contributed by atoms with Crippen molar-refractivity contribution in [1.29, 1.82) is 0 Å². The Bertz CT molecular complexity index is 821. The molecule has 1 spiro atoms. The van der Waals surface area contributed by atoms with Gasteiger partial charge in [0.05, 0.1) is 5.75 Å². The second kappa shape index (κ2) is 8.16. The van der Waals surface area contributed by atoms with Crippen LogP contribution < -0.4 is 9.62 Å². The molecule has 0 unspecified atom stereocenters. The van der Waals surface area contributed by atoms with E-state index in [2.05, 4.69) is 16.7 Å². The van der Waals surface area contributed by atoms with Crippen LogP contribution in [0.2, 0.25) is 0 Å². The first-order valence-electron chi connectivity index (χ1n) is 8.64. The summed E-state index contributed by atoms with van der Waals surface area (Å²) < 4.78 is 63.4. The van der Waals surface area contributed by atoms with Crippen molar-refractivity contribution in [2.45, 2.75) is 31.4 Å². The maximum atomic E-state index is 11.8. The van der Waals surface area contributed by atoms with Gasteiger partial charge in [0, 0.05) is 43.6 Å². The van der Waals surface area contributed by atoms with Crippen molar-refractivity contribution in [2.24, 2.45) is 0 Å². The number of carboxylic acids is 1. The molecule has 0 bridgehead atoms. The third kappa shape index (κ3) is 5.07. The number of hydrogen-bond acceptors (Lipinski definition) is 5. The molecule has 0 atom stereocenters. The lowest BCUT2D eigenvalue weighted by atomic mass is 9.76. The lowest BCUT2D eigenvalue weighted by Gasteiger charge is -2.34. The highest BCUT2D eigenvalue weighted by atomic mass is 32.2. The average molecular weight is 424 g/mol. The van der Waals surface area contributed by atoms with E-state index in [1.54, 1.807) is 6.92 Å². The lowest BCUT2D eigenvalue weighted by Crippen LogP contribution is -2.37. The Balaban J connectivity index is 0.000000345. The standard InChI is InChI=1S/C15H22N2O3S.C2HF3O2/c1-3-21(18,19)16-12-4-5-14-13(10-12)15(11-17(14)2)6-8-20-9-7-15;3-2(4,5)1(6)7/h4-5,10,16H,3,6-9,11H2,1-2H3;(H,6,7). The number of likely N-dealkylation sites (N-methyl/N-ethyl adjacent to an activating group) is 1. The molecule has 1 aromatic rings. The van der Waals surface area contributed by atoms with E-state index in [-0.39, 0.29) is 11.2 Å². The van der Waals surface area contributed by atoms with Gasteiger partial charge >= 0.3 is 12.1 Å². The summed E-state index contributed by atoms with van der Waals surface area (Å²) >= 11 is 0. The first-order valence-corrected chi connectivity index (χ1v) is 10.3. The predicted octanol–water partition coefficient (Wildman–Crippen LogP) is 2.58. The molecule has 0 saturated carbocycles. The van der Waals surface area contributed by atoms with Crippen LogP contribution in [0.5, 0.6) is 0 Å². The zero-order chi connectivity index (χ0) is 21.2. The maximum Gasteiger partial charge on any atom is 0.490 e. The van der Waals surface area contributed by atoms with Crippen molar-refractivity contribution < 1.29 is 36.2 Å². The third-order valence-corrected chi connectivity index (χ3v) is 6.17. The molecular formula is C17H23F3N2O5S. The molecule has 7 nitrogen and oxygen atoms in total. The van der Waals surface area contributed by atoms with Crippen LogP contribution in [-0.2, 0) is 25.0 Å². The summed E-state index contributed by atoms with van der Waals surface area (Å²) in [6.45, 7) is 4.18. The van der Waals surface area contributed by atoms with E-state index in [0.717, 1.165) is 32.6 Å². The van der Waals surface area contributed by atoms with Gasteiger partial charge in [-0.2, -0.15) is 13.2 Å². The van der Waals surface area contributed by atoms with Crippen molar-refractivity contribution in [3.8, 4) is 0 Å². The number of aliphatic carboxylic acids is 1. The van der Waals surface area contributed by atoms with E-state index in [4.69, 9.17) is 14.6 Å². The minimum atomic E-state index is -5.08. The van der Waals surface area contributed by atoms with Crippen molar-refractivity contribution in [1.82, 2.24) is 0 Å². The summed E-state index contributed by atoms with van der Waals surface area (Å²) in [6.07, 6.45) is -3.09. The minimum absolute atomic E-state index is 0.0863. The number of carboxylic acid groups (broad SMARTS) is 1. The fraction of sp³-hybridized carbons (Fsp3) is 0.588. The fourth-order valence-corrected chi connectivity index (χ4v) is 4.05. The number of benzene rings is 1. The van der Waals surface area contributed by atoms with Crippen LogP contribution >= 0.6 is 0 Å². The Hall–Kier alpha value is -2.01. The van der Waals surface area contributed by atoms with E-state index in [1.165, 1.54) is 11.3 Å². The van der Waals surface area contributed by atoms with Crippen LogP contribution in [-0.4, -0.2) is 58.2 Å². The zero-order valence-corrected chi connectivity index (χ0v) is 16.4. The number of halogens is 3. The number of nitrogens with one attached hydrogen (secondary N) is 1. The number of anilines is 2. The topological polar surface area (TPSA) is 95.9 Å². The normalized spacial score (nSPS) is 18.2. The largest absolute Gasteiger partial charge is 0.490 e. The Kier molecular flexibility index (Phi) is 6.49. The Morgan fingerprint density at radius 1 is 1.32 bits per heavy atom. The summed E-state index contributed by atoms with van der Waals surface area (Å²) in [4.78, 5) is 11.2. The molecular weight excluding hydrogens is 401 g/mol. The molecule has 158 valence electrons. The van der Waals surface area contributed by atoms with Gasteiger partial charge in [-0.3, -0.25) is 4.72 Å². The van der Waals surface area contributed by atoms with Gasteiger partial charge in [0.2, 0.25) is 10.0 Å². The van der Waals surface area contributed by atoms with Crippen LogP contribution in [0, 0.1) is 0 Å².